The van der Waals surface area contributed by atoms with E-state index in [-0.39, 0.29) is 11.5 Å². The second kappa shape index (κ2) is 4.97. The fourth-order valence-electron chi connectivity index (χ4n) is 0.848. The van der Waals surface area contributed by atoms with Crippen molar-refractivity contribution in [1.82, 2.24) is 5.32 Å². The van der Waals surface area contributed by atoms with Crippen molar-refractivity contribution >= 4 is 9.84 Å². The van der Waals surface area contributed by atoms with Gasteiger partial charge in [-0.3, -0.25) is 0 Å². The highest BCUT2D eigenvalue weighted by atomic mass is 32.2. The second-order valence-corrected chi connectivity index (χ2v) is 5.49. The highest BCUT2D eigenvalue weighted by Crippen LogP contribution is 2.12. The Morgan fingerprint density at radius 2 is 1.86 bits per heavy atom. The van der Waals surface area contributed by atoms with Gasteiger partial charge in [0.05, 0.1) is 12.3 Å². The lowest BCUT2D eigenvalue weighted by Gasteiger charge is -2.14. The number of alkyl halides is 3. The topological polar surface area (TPSA) is 46.2 Å². The molecule has 0 heterocycles. The predicted molar refractivity (Wildman–Crippen MR) is 47.8 cm³/mol. The molecule has 0 rings (SSSR count). The maximum atomic E-state index is 11.7. The molecular weight excluding hydrogens is 219 g/mol. The summed E-state index contributed by atoms with van der Waals surface area (Å²) in [5.74, 6) is -0.315. The molecule has 1 N–H and O–H groups in total. The Bertz CT molecular complexity index is 261. The van der Waals surface area contributed by atoms with Crippen LogP contribution < -0.4 is 5.32 Å². The highest BCUT2D eigenvalue weighted by molar-refractivity contribution is 7.91. The molecule has 0 spiro atoms. The summed E-state index contributed by atoms with van der Waals surface area (Å²) in [6.45, 7) is 1.72. The summed E-state index contributed by atoms with van der Waals surface area (Å²) < 4.78 is 57.2. The van der Waals surface area contributed by atoms with E-state index < -0.39 is 28.6 Å². The van der Waals surface area contributed by atoms with Gasteiger partial charge in [0.15, 0.2) is 9.84 Å². The molecule has 1 unspecified atom stereocenters. The Morgan fingerprint density at radius 3 is 2.21 bits per heavy atom. The Kier molecular flexibility index (Phi) is 4.87. The number of hydrogen-bond donors (Lipinski definition) is 1. The van der Waals surface area contributed by atoms with E-state index >= 15 is 0 Å². The lowest BCUT2D eigenvalue weighted by molar-refractivity contribution is -0.125. The third-order valence-electron chi connectivity index (χ3n) is 1.59. The average Bonchev–Trinajstić information content (AvgIpc) is 1.99. The Balaban J connectivity index is 3.95. The first kappa shape index (κ1) is 13.7. The molecule has 0 saturated heterocycles. The molecule has 0 aromatic rings. The summed E-state index contributed by atoms with van der Waals surface area (Å²) in [5.41, 5.74) is 0. The molecule has 0 saturated carbocycles. The molecule has 86 valence electrons. The van der Waals surface area contributed by atoms with Gasteiger partial charge in [-0.05, 0) is 6.92 Å². The van der Waals surface area contributed by atoms with Crippen LogP contribution in [0.3, 0.4) is 0 Å². The number of nitrogens with one attached hydrogen (secondary N) is 1. The predicted octanol–water partition coefficient (Wildman–Crippen LogP) is 0.962. The molecule has 0 aromatic heterocycles. The second-order valence-electron chi connectivity index (χ2n) is 3.10. The van der Waals surface area contributed by atoms with Crippen molar-refractivity contribution in [2.45, 2.75) is 26.1 Å². The largest absolute Gasteiger partial charge is 0.401 e. The zero-order valence-corrected chi connectivity index (χ0v) is 8.87. The Morgan fingerprint density at radius 1 is 1.36 bits per heavy atom. The van der Waals surface area contributed by atoms with Crippen LogP contribution in [-0.4, -0.2) is 38.7 Å². The van der Waals surface area contributed by atoms with Crippen molar-refractivity contribution < 1.29 is 21.6 Å². The van der Waals surface area contributed by atoms with Gasteiger partial charge in [-0.25, -0.2) is 8.42 Å². The van der Waals surface area contributed by atoms with E-state index in [0.29, 0.717) is 0 Å². The van der Waals surface area contributed by atoms with E-state index in [4.69, 9.17) is 0 Å². The van der Waals surface area contributed by atoms with E-state index in [2.05, 4.69) is 5.32 Å². The lowest BCUT2D eigenvalue weighted by Crippen LogP contribution is -2.39. The van der Waals surface area contributed by atoms with Gasteiger partial charge >= 0.3 is 6.18 Å². The molecule has 0 fully saturated rings. The van der Waals surface area contributed by atoms with Gasteiger partial charge in [0, 0.05) is 11.8 Å². The van der Waals surface area contributed by atoms with E-state index in [0.717, 1.165) is 0 Å². The summed E-state index contributed by atoms with van der Waals surface area (Å²) in [6, 6.07) is -0.679. The van der Waals surface area contributed by atoms with Crippen LogP contribution in [0.1, 0.15) is 13.8 Å². The van der Waals surface area contributed by atoms with Crippen LogP contribution in [-0.2, 0) is 9.84 Å². The SMILES string of the molecule is CCS(=O)(=O)CC(C)NCC(F)(F)F. The Hall–Kier alpha value is -0.300. The maximum absolute atomic E-state index is 11.7. The van der Waals surface area contributed by atoms with Crippen LogP contribution in [0.15, 0.2) is 0 Å². The molecule has 0 aromatic carbocycles. The third-order valence-corrected chi connectivity index (χ3v) is 3.48. The van der Waals surface area contributed by atoms with Crippen molar-refractivity contribution in [2.24, 2.45) is 0 Å². The van der Waals surface area contributed by atoms with E-state index in [9.17, 15) is 21.6 Å². The zero-order chi connectivity index (χ0) is 11.4. The third kappa shape index (κ3) is 7.14. The minimum absolute atomic E-state index is 0.0506. The Labute approximate surface area is 81.6 Å². The molecule has 0 amide bonds. The van der Waals surface area contributed by atoms with Gasteiger partial charge in [0.2, 0.25) is 0 Å². The number of halogens is 3. The summed E-state index contributed by atoms with van der Waals surface area (Å²) >= 11 is 0. The van der Waals surface area contributed by atoms with Crippen LogP contribution in [0.2, 0.25) is 0 Å². The summed E-state index contributed by atoms with van der Waals surface area (Å²) in [6.07, 6.45) is -4.30. The first-order valence-corrected chi connectivity index (χ1v) is 5.99. The molecule has 7 heteroatoms. The fourth-order valence-corrected chi connectivity index (χ4v) is 1.96. The van der Waals surface area contributed by atoms with Crippen LogP contribution in [0.4, 0.5) is 13.2 Å². The van der Waals surface area contributed by atoms with Crippen molar-refractivity contribution in [2.75, 3.05) is 18.1 Å². The minimum Gasteiger partial charge on any atom is -0.305 e. The highest BCUT2D eigenvalue weighted by Gasteiger charge is 2.27. The average molecular weight is 233 g/mol. The van der Waals surface area contributed by atoms with E-state index in [1.165, 1.54) is 13.8 Å². The number of rotatable bonds is 5. The molecule has 0 bridgehead atoms. The molecule has 0 aliphatic carbocycles. The first-order chi connectivity index (χ1) is 6.16. The van der Waals surface area contributed by atoms with Gasteiger partial charge < -0.3 is 5.32 Å². The van der Waals surface area contributed by atoms with Crippen LogP contribution in [0.25, 0.3) is 0 Å². The van der Waals surface area contributed by atoms with Gasteiger partial charge in [-0.2, -0.15) is 13.2 Å². The molecular formula is C7H14F3NO2S. The van der Waals surface area contributed by atoms with Crippen LogP contribution >= 0.6 is 0 Å². The molecule has 14 heavy (non-hydrogen) atoms. The van der Waals surface area contributed by atoms with Gasteiger partial charge in [-0.15, -0.1) is 0 Å². The quantitative estimate of drug-likeness (QED) is 0.769. The zero-order valence-electron chi connectivity index (χ0n) is 8.06. The number of sulfone groups is 1. The molecule has 0 aliphatic heterocycles. The van der Waals surface area contributed by atoms with Crippen LogP contribution in [0, 0.1) is 0 Å². The normalized spacial score (nSPS) is 15.5. The monoisotopic (exact) mass is 233 g/mol. The summed E-state index contributed by atoms with van der Waals surface area (Å²) in [7, 11) is -3.22. The van der Waals surface area contributed by atoms with Crippen molar-refractivity contribution in [3.8, 4) is 0 Å². The minimum atomic E-state index is -4.30. The molecule has 0 radical (unpaired) electrons. The van der Waals surface area contributed by atoms with Crippen molar-refractivity contribution in [3.05, 3.63) is 0 Å². The van der Waals surface area contributed by atoms with Crippen molar-refractivity contribution in [1.29, 1.82) is 0 Å². The van der Waals surface area contributed by atoms with Crippen molar-refractivity contribution in [3.63, 3.8) is 0 Å². The summed E-state index contributed by atoms with van der Waals surface area (Å²) in [5, 5.41) is 2.11. The molecule has 0 aliphatic rings. The van der Waals surface area contributed by atoms with Gasteiger partial charge in [0.25, 0.3) is 0 Å². The maximum Gasteiger partial charge on any atom is 0.401 e. The smallest absolute Gasteiger partial charge is 0.305 e. The van der Waals surface area contributed by atoms with Gasteiger partial charge in [-0.1, -0.05) is 6.92 Å². The lowest BCUT2D eigenvalue weighted by atomic mass is 10.4. The fraction of sp³-hybridized carbons (Fsp3) is 1.00. The van der Waals surface area contributed by atoms with Crippen LogP contribution in [0.5, 0.6) is 0 Å². The first-order valence-electron chi connectivity index (χ1n) is 4.17. The van der Waals surface area contributed by atoms with E-state index in [1.54, 1.807) is 0 Å². The number of hydrogen-bond acceptors (Lipinski definition) is 3. The summed E-state index contributed by atoms with van der Waals surface area (Å²) in [4.78, 5) is 0. The molecule has 1 atom stereocenters. The van der Waals surface area contributed by atoms with Gasteiger partial charge in [0.1, 0.15) is 0 Å². The molecule has 3 nitrogen and oxygen atoms in total. The standard InChI is InChI=1S/C7H14F3NO2S/c1-3-14(12,13)4-6(2)11-5-7(8,9)10/h6,11H,3-5H2,1-2H3. The van der Waals surface area contributed by atoms with E-state index in [1.807, 2.05) is 0 Å².